The highest BCUT2D eigenvalue weighted by Crippen LogP contribution is 2.47. The number of benzene rings is 1. The van der Waals surface area contributed by atoms with Crippen LogP contribution >= 0.6 is 0 Å². The molecular formula is C17H24N2O2. The third kappa shape index (κ3) is 3.63. The van der Waals surface area contributed by atoms with Crippen LogP contribution < -0.4 is 5.32 Å². The number of nitrogens with zero attached hydrogens (tertiary/aromatic N) is 1. The molecule has 2 N–H and O–H groups in total. The molecule has 1 amide bonds. The summed E-state index contributed by atoms with van der Waals surface area (Å²) in [7, 11) is 0. The molecule has 0 aromatic heterocycles. The average Bonchev–Trinajstić information content (AvgIpc) is 3.27. The Balaban J connectivity index is 1.48. The first-order valence-electron chi connectivity index (χ1n) is 7.91. The summed E-state index contributed by atoms with van der Waals surface area (Å²) in [6.07, 6.45) is 3.86. The van der Waals surface area contributed by atoms with E-state index in [2.05, 4.69) is 29.6 Å². The number of hydrogen-bond acceptors (Lipinski definition) is 3. The lowest BCUT2D eigenvalue weighted by atomic mass is 9.96. The molecular weight excluding hydrogens is 264 g/mol. The Hall–Kier alpha value is -1.39. The van der Waals surface area contributed by atoms with Gasteiger partial charge in [-0.2, -0.15) is 0 Å². The lowest BCUT2D eigenvalue weighted by Crippen LogP contribution is -2.45. The normalized spacial score (nSPS) is 24.5. The standard InChI is InChI=1S/C17H24N2O2/c20-15-7-4-10-19(11-15)12-16(21)18-13-17(8-9-17)14-5-2-1-3-6-14/h1-3,5-6,15,20H,4,7-13H2,(H,18,21)/t15-/m0/s1. The van der Waals surface area contributed by atoms with Gasteiger partial charge in [-0.25, -0.2) is 0 Å². The topological polar surface area (TPSA) is 52.6 Å². The van der Waals surface area contributed by atoms with Crippen molar-refractivity contribution in [3.63, 3.8) is 0 Å². The summed E-state index contributed by atoms with van der Waals surface area (Å²) in [5.74, 6) is 0.0753. The lowest BCUT2D eigenvalue weighted by molar-refractivity contribution is -0.123. The van der Waals surface area contributed by atoms with Gasteiger partial charge >= 0.3 is 0 Å². The van der Waals surface area contributed by atoms with Gasteiger partial charge in [0.1, 0.15) is 0 Å². The Kier molecular flexibility index (Phi) is 4.27. The first-order chi connectivity index (χ1) is 10.2. The zero-order valence-corrected chi connectivity index (χ0v) is 12.4. The van der Waals surface area contributed by atoms with E-state index < -0.39 is 0 Å². The monoisotopic (exact) mass is 288 g/mol. The average molecular weight is 288 g/mol. The number of amides is 1. The van der Waals surface area contributed by atoms with E-state index in [1.54, 1.807) is 0 Å². The van der Waals surface area contributed by atoms with Crippen LogP contribution in [0.1, 0.15) is 31.2 Å². The van der Waals surface area contributed by atoms with Gasteiger partial charge in [0, 0.05) is 18.5 Å². The zero-order chi connectivity index (χ0) is 14.7. The van der Waals surface area contributed by atoms with Crippen molar-refractivity contribution in [3.8, 4) is 0 Å². The van der Waals surface area contributed by atoms with Crippen LogP contribution in [0.15, 0.2) is 30.3 Å². The molecule has 4 heteroatoms. The number of carbonyl (C=O) groups is 1. The molecule has 0 radical (unpaired) electrons. The molecule has 1 aromatic rings. The van der Waals surface area contributed by atoms with Gasteiger partial charge < -0.3 is 10.4 Å². The Morgan fingerprint density at radius 3 is 2.76 bits per heavy atom. The summed E-state index contributed by atoms with van der Waals surface area (Å²) < 4.78 is 0. The molecule has 2 fully saturated rings. The highest BCUT2D eigenvalue weighted by atomic mass is 16.3. The number of likely N-dealkylation sites (tertiary alicyclic amines) is 1. The van der Waals surface area contributed by atoms with Gasteiger partial charge in [-0.15, -0.1) is 0 Å². The van der Waals surface area contributed by atoms with Crippen LogP contribution in [0.4, 0.5) is 0 Å². The van der Waals surface area contributed by atoms with Crippen LogP contribution in [0.25, 0.3) is 0 Å². The van der Waals surface area contributed by atoms with E-state index in [-0.39, 0.29) is 17.4 Å². The first-order valence-corrected chi connectivity index (χ1v) is 7.91. The van der Waals surface area contributed by atoms with E-state index in [0.717, 1.165) is 38.8 Å². The predicted octanol–water partition coefficient (Wildman–Crippen LogP) is 1.29. The minimum Gasteiger partial charge on any atom is -0.392 e. The smallest absolute Gasteiger partial charge is 0.234 e. The summed E-state index contributed by atoms with van der Waals surface area (Å²) >= 11 is 0. The summed E-state index contributed by atoms with van der Waals surface area (Å²) in [5.41, 5.74) is 1.50. The summed E-state index contributed by atoms with van der Waals surface area (Å²) in [4.78, 5) is 14.1. The molecule has 4 nitrogen and oxygen atoms in total. The maximum absolute atomic E-state index is 12.1. The fourth-order valence-electron chi connectivity index (χ4n) is 3.21. The first kappa shape index (κ1) is 14.5. The van der Waals surface area contributed by atoms with Gasteiger partial charge in [0.15, 0.2) is 0 Å². The van der Waals surface area contributed by atoms with Gasteiger partial charge in [0.25, 0.3) is 0 Å². The molecule has 3 rings (SSSR count). The number of rotatable bonds is 5. The van der Waals surface area contributed by atoms with Gasteiger partial charge in [-0.3, -0.25) is 9.69 Å². The molecule has 1 aliphatic carbocycles. The second-order valence-corrected chi connectivity index (χ2v) is 6.45. The van der Waals surface area contributed by atoms with Crippen molar-refractivity contribution in [3.05, 3.63) is 35.9 Å². The predicted molar refractivity (Wildman–Crippen MR) is 82.0 cm³/mol. The molecule has 0 unspecified atom stereocenters. The number of aliphatic hydroxyl groups excluding tert-OH is 1. The van der Waals surface area contributed by atoms with Crippen LogP contribution in [0.2, 0.25) is 0 Å². The van der Waals surface area contributed by atoms with E-state index >= 15 is 0 Å². The molecule has 1 aliphatic heterocycles. The van der Waals surface area contributed by atoms with Crippen molar-refractivity contribution in [1.82, 2.24) is 10.2 Å². The van der Waals surface area contributed by atoms with Gasteiger partial charge in [-0.05, 0) is 37.8 Å². The van der Waals surface area contributed by atoms with Gasteiger partial charge in [0.2, 0.25) is 5.91 Å². The van der Waals surface area contributed by atoms with Crippen molar-refractivity contribution in [1.29, 1.82) is 0 Å². The van der Waals surface area contributed by atoms with E-state index in [1.165, 1.54) is 5.56 Å². The second kappa shape index (κ2) is 6.16. The summed E-state index contributed by atoms with van der Waals surface area (Å²) in [6, 6.07) is 10.5. The molecule has 1 heterocycles. The lowest BCUT2D eigenvalue weighted by Gasteiger charge is -2.29. The number of carbonyl (C=O) groups excluding carboxylic acids is 1. The number of aliphatic hydroxyl groups is 1. The molecule has 0 bridgehead atoms. The molecule has 21 heavy (non-hydrogen) atoms. The van der Waals surface area contributed by atoms with Crippen molar-refractivity contribution in [2.24, 2.45) is 0 Å². The molecule has 1 saturated heterocycles. The Morgan fingerprint density at radius 2 is 2.10 bits per heavy atom. The highest BCUT2D eigenvalue weighted by Gasteiger charge is 2.44. The van der Waals surface area contributed by atoms with E-state index in [1.807, 2.05) is 11.0 Å². The van der Waals surface area contributed by atoms with Crippen LogP contribution in [-0.2, 0) is 10.2 Å². The highest BCUT2D eigenvalue weighted by molar-refractivity contribution is 5.78. The Labute approximate surface area is 126 Å². The van der Waals surface area contributed by atoms with Crippen LogP contribution in [-0.4, -0.2) is 48.2 Å². The van der Waals surface area contributed by atoms with Crippen molar-refractivity contribution in [2.75, 3.05) is 26.2 Å². The maximum Gasteiger partial charge on any atom is 0.234 e. The van der Waals surface area contributed by atoms with Crippen molar-refractivity contribution in [2.45, 2.75) is 37.2 Å². The minimum atomic E-state index is -0.273. The maximum atomic E-state index is 12.1. The SMILES string of the molecule is O=C(CN1CCC[C@H](O)C1)NCC1(c2ccccc2)CC1. The summed E-state index contributed by atoms with van der Waals surface area (Å²) in [5, 5.41) is 12.7. The summed E-state index contributed by atoms with van der Waals surface area (Å²) in [6.45, 7) is 2.67. The molecule has 0 spiro atoms. The largest absolute Gasteiger partial charge is 0.392 e. The zero-order valence-electron chi connectivity index (χ0n) is 12.4. The number of β-amino-alcohol motifs (C(OH)–C–C–N with tert-alkyl or cyclic N) is 1. The fraction of sp³-hybridized carbons (Fsp3) is 0.588. The molecule has 1 aromatic carbocycles. The van der Waals surface area contributed by atoms with Crippen molar-refractivity contribution >= 4 is 5.91 Å². The van der Waals surface area contributed by atoms with Crippen LogP contribution in [0, 0.1) is 0 Å². The second-order valence-electron chi connectivity index (χ2n) is 6.45. The molecule has 2 aliphatic rings. The molecule has 1 saturated carbocycles. The van der Waals surface area contributed by atoms with Crippen LogP contribution in [0.5, 0.6) is 0 Å². The Morgan fingerprint density at radius 1 is 1.33 bits per heavy atom. The van der Waals surface area contributed by atoms with Crippen LogP contribution in [0.3, 0.4) is 0 Å². The quantitative estimate of drug-likeness (QED) is 0.858. The number of nitrogens with one attached hydrogen (secondary N) is 1. The number of piperidine rings is 1. The van der Waals surface area contributed by atoms with E-state index in [0.29, 0.717) is 13.1 Å². The third-order valence-electron chi connectivity index (χ3n) is 4.71. The Bertz CT molecular complexity index is 485. The molecule has 114 valence electrons. The number of hydrogen-bond donors (Lipinski definition) is 2. The minimum absolute atomic E-state index is 0.0753. The van der Waals surface area contributed by atoms with Crippen molar-refractivity contribution < 1.29 is 9.90 Å². The van der Waals surface area contributed by atoms with Gasteiger partial charge in [0.05, 0.1) is 12.6 Å². The molecule has 1 atom stereocenters. The van der Waals surface area contributed by atoms with E-state index in [4.69, 9.17) is 0 Å². The van der Waals surface area contributed by atoms with Gasteiger partial charge in [-0.1, -0.05) is 30.3 Å². The third-order valence-corrected chi connectivity index (χ3v) is 4.71. The fourth-order valence-corrected chi connectivity index (χ4v) is 3.21. The van der Waals surface area contributed by atoms with E-state index in [9.17, 15) is 9.90 Å².